The summed E-state index contributed by atoms with van der Waals surface area (Å²) in [6.07, 6.45) is 0. The standard InChI is InChI=1S/C10H16N2O4S/c1-6(10(15)16)3-11-9(14)8-4-17-5-12(8)7(2)13/h6,8H,3-5H2,1-2H3,(H,11,14)(H,15,16)/t6-,8-/m0/s1. The molecule has 17 heavy (non-hydrogen) atoms. The van der Waals surface area contributed by atoms with Crippen molar-refractivity contribution in [1.29, 1.82) is 0 Å². The van der Waals surface area contributed by atoms with Crippen molar-refractivity contribution >= 4 is 29.5 Å². The van der Waals surface area contributed by atoms with Crippen LogP contribution in [0.15, 0.2) is 0 Å². The van der Waals surface area contributed by atoms with Gasteiger partial charge in [0.1, 0.15) is 6.04 Å². The van der Waals surface area contributed by atoms with E-state index in [9.17, 15) is 14.4 Å². The van der Waals surface area contributed by atoms with Crippen molar-refractivity contribution in [3.63, 3.8) is 0 Å². The SMILES string of the molecule is CC(=O)N1CSC[C@H]1C(=O)NC[C@H](C)C(=O)O. The molecule has 1 aliphatic rings. The average Bonchev–Trinajstić information content (AvgIpc) is 2.73. The minimum atomic E-state index is -0.950. The van der Waals surface area contributed by atoms with Gasteiger partial charge in [0.2, 0.25) is 11.8 Å². The first kappa shape index (κ1) is 13.8. The van der Waals surface area contributed by atoms with Crippen LogP contribution in [0.1, 0.15) is 13.8 Å². The Morgan fingerprint density at radius 3 is 2.71 bits per heavy atom. The third-order valence-electron chi connectivity index (χ3n) is 2.59. The number of aliphatic carboxylic acids is 1. The van der Waals surface area contributed by atoms with E-state index in [0.717, 1.165) is 0 Å². The Balaban J connectivity index is 2.47. The van der Waals surface area contributed by atoms with Crippen LogP contribution in [0.5, 0.6) is 0 Å². The molecule has 0 aliphatic carbocycles. The van der Waals surface area contributed by atoms with Crippen LogP contribution in [-0.2, 0) is 14.4 Å². The van der Waals surface area contributed by atoms with Crippen LogP contribution in [-0.4, -0.2) is 52.0 Å². The Labute approximate surface area is 104 Å². The molecular formula is C10H16N2O4S. The van der Waals surface area contributed by atoms with Crippen molar-refractivity contribution in [2.45, 2.75) is 19.9 Å². The molecule has 0 unspecified atom stereocenters. The lowest BCUT2D eigenvalue weighted by molar-refractivity contribution is -0.141. The number of nitrogens with one attached hydrogen (secondary N) is 1. The predicted molar refractivity (Wildman–Crippen MR) is 63.4 cm³/mol. The fourth-order valence-corrected chi connectivity index (χ4v) is 2.65. The van der Waals surface area contributed by atoms with Gasteiger partial charge in [-0.25, -0.2) is 0 Å². The number of nitrogens with zero attached hydrogens (tertiary/aromatic N) is 1. The molecule has 1 aliphatic heterocycles. The summed E-state index contributed by atoms with van der Waals surface area (Å²) in [5.41, 5.74) is 0. The maximum absolute atomic E-state index is 11.8. The molecule has 0 radical (unpaired) electrons. The monoisotopic (exact) mass is 260 g/mol. The van der Waals surface area contributed by atoms with Crippen molar-refractivity contribution in [2.75, 3.05) is 18.2 Å². The first-order chi connectivity index (χ1) is 7.93. The zero-order valence-electron chi connectivity index (χ0n) is 9.80. The molecule has 0 aromatic carbocycles. The molecule has 0 bridgehead atoms. The summed E-state index contributed by atoms with van der Waals surface area (Å²) in [6, 6.07) is -0.474. The lowest BCUT2D eigenvalue weighted by Gasteiger charge is -2.21. The van der Waals surface area contributed by atoms with Gasteiger partial charge < -0.3 is 15.3 Å². The van der Waals surface area contributed by atoms with Gasteiger partial charge in [0.25, 0.3) is 0 Å². The quantitative estimate of drug-likeness (QED) is 0.727. The molecule has 0 spiro atoms. The largest absolute Gasteiger partial charge is 0.481 e. The van der Waals surface area contributed by atoms with Gasteiger partial charge in [-0.05, 0) is 0 Å². The maximum Gasteiger partial charge on any atom is 0.308 e. The molecule has 2 N–H and O–H groups in total. The normalized spacial score (nSPS) is 21.1. The van der Waals surface area contributed by atoms with E-state index in [4.69, 9.17) is 5.11 Å². The molecule has 2 atom stereocenters. The third kappa shape index (κ3) is 3.62. The van der Waals surface area contributed by atoms with Crippen LogP contribution in [0.2, 0.25) is 0 Å². The molecule has 1 fully saturated rings. The van der Waals surface area contributed by atoms with Gasteiger partial charge in [0, 0.05) is 19.2 Å². The third-order valence-corrected chi connectivity index (χ3v) is 3.61. The number of thioether (sulfide) groups is 1. The summed E-state index contributed by atoms with van der Waals surface area (Å²) >= 11 is 1.52. The van der Waals surface area contributed by atoms with Crippen molar-refractivity contribution in [2.24, 2.45) is 5.92 Å². The second-order valence-corrected chi connectivity index (χ2v) is 4.99. The van der Waals surface area contributed by atoms with Crippen LogP contribution in [0, 0.1) is 5.92 Å². The van der Waals surface area contributed by atoms with Gasteiger partial charge >= 0.3 is 5.97 Å². The summed E-state index contributed by atoms with van der Waals surface area (Å²) in [6.45, 7) is 3.03. The summed E-state index contributed by atoms with van der Waals surface area (Å²) in [4.78, 5) is 35.1. The summed E-state index contributed by atoms with van der Waals surface area (Å²) in [5, 5.41) is 11.2. The highest BCUT2D eigenvalue weighted by atomic mass is 32.2. The highest BCUT2D eigenvalue weighted by molar-refractivity contribution is 7.99. The first-order valence-corrected chi connectivity index (χ1v) is 6.44. The number of carbonyl (C=O) groups excluding carboxylic acids is 2. The van der Waals surface area contributed by atoms with Crippen LogP contribution in [0.25, 0.3) is 0 Å². The Morgan fingerprint density at radius 1 is 1.53 bits per heavy atom. The van der Waals surface area contributed by atoms with Crippen LogP contribution in [0.4, 0.5) is 0 Å². The van der Waals surface area contributed by atoms with Crippen LogP contribution < -0.4 is 5.32 Å². The Bertz CT molecular complexity index is 334. The molecule has 0 aromatic heterocycles. The van der Waals surface area contributed by atoms with Gasteiger partial charge in [0.15, 0.2) is 0 Å². The van der Waals surface area contributed by atoms with E-state index in [2.05, 4.69) is 5.32 Å². The van der Waals surface area contributed by atoms with Crippen molar-refractivity contribution in [3.05, 3.63) is 0 Å². The fraction of sp³-hybridized carbons (Fsp3) is 0.700. The molecule has 6 nitrogen and oxygen atoms in total. The summed E-state index contributed by atoms with van der Waals surface area (Å²) < 4.78 is 0. The van der Waals surface area contributed by atoms with Crippen LogP contribution >= 0.6 is 11.8 Å². The molecule has 1 saturated heterocycles. The van der Waals surface area contributed by atoms with Crippen molar-refractivity contribution in [1.82, 2.24) is 10.2 Å². The number of carboxylic acids is 1. The Kier molecular flexibility index (Phi) is 4.80. The molecular weight excluding hydrogens is 244 g/mol. The van der Waals surface area contributed by atoms with Crippen molar-refractivity contribution < 1.29 is 19.5 Å². The second kappa shape index (κ2) is 5.90. The van der Waals surface area contributed by atoms with Crippen LogP contribution in [0.3, 0.4) is 0 Å². The lowest BCUT2D eigenvalue weighted by atomic mass is 10.2. The van der Waals surface area contributed by atoms with E-state index >= 15 is 0 Å². The first-order valence-electron chi connectivity index (χ1n) is 5.29. The highest BCUT2D eigenvalue weighted by Gasteiger charge is 2.32. The van der Waals surface area contributed by atoms with E-state index in [0.29, 0.717) is 11.6 Å². The second-order valence-electron chi connectivity index (χ2n) is 3.99. The van der Waals surface area contributed by atoms with Gasteiger partial charge in [0.05, 0.1) is 11.8 Å². The van der Waals surface area contributed by atoms with E-state index in [1.54, 1.807) is 0 Å². The molecule has 1 rings (SSSR count). The van der Waals surface area contributed by atoms with Gasteiger partial charge in [-0.2, -0.15) is 0 Å². The number of carboxylic acid groups (broad SMARTS) is 1. The fourth-order valence-electron chi connectivity index (χ4n) is 1.43. The molecule has 1 heterocycles. The highest BCUT2D eigenvalue weighted by Crippen LogP contribution is 2.20. The number of hydrogen-bond donors (Lipinski definition) is 2. The Hall–Kier alpha value is -1.24. The van der Waals surface area contributed by atoms with Gasteiger partial charge in [-0.15, -0.1) is 11.8 Å². The molecule has 2 amide bonds. The topological polar surface area (TPSA) is 86.7 Å². The number of rotatable bonds is 4. The maximum atomic E-state index is 11.8. The zero-order valence-corrected chi connectivity index (χ0v) is 10.6. The number of carbonyl (C=O) groups is 3. The average molecular weight is 260 g/mol. The molecule has 0 aromatic rings. The minimum absolute atomic E-state index is 0.0844. The zero-order chi connectivity index (χ0) is 13.0. The Morgan fingerprint density at radius 2 is 2.18 bits per heavy atom. The number of hydrogen-bond acceptors (Lipinski definition) is 4. The van der Waals surface area contributed by atoms with E-state index in [1.165, 1.54) is 30.5 Å². The molecule has 96 valence electrons. The smallest absolute Gasteiger partial charge is 0.308 e. The summed E-state index contributed by atoms with van der Waals surface area (Å²) in [5.74, 6) is -0.914. The van der Waals surface area contributed by atoms with Crippen molar-refractivity contribution in [3.8, 4) is 0 Å². The van der Waals surface area contributed by atoms with Gasteiger partial charge in [-0.3, -0.25) is 14.4 Å². The lowest BCUT2D eigenvalue weighted by Crippen LogP contribution is -2.47. The van der Waals surface area contributed by atoms with E-state index in [1.807, 2.05) is 0 Å². The minimum Gasteiger partial charge on any atom is -0.481 e. The number of amides is 2. The summed E-state index contributed by atoms with van der Waals surface area (Å²) in [7, 11) is 0. The van der Waals surface area contributed by atoms with E-state index in [-0.39, 0.29) is 18.4 Å². The molecule has 7 heteroatoms. The van der Waals surface area contributed by atoms with Gasteiger partial charge in [-0.1, -0.05) is 6.92 Å². The van der Waals surface area contributed by atoms with E-state index < -0.39 is 17.9 Å². The predicted octanol–water partition coefficient (Wildman–Crippen LogP) is -0.255. The molecule has 0 saturated carbocycles.